The van der Waals surface area contributed by atoms with Gasteiger partial charge in [0.15, 0.2) is 12.4 Å². The molecule has 30 heavy (non-hydrogen) atoms. The van der Waals surface area contributed by atoms with E-state index in [1.807, 2.05) is 39.0 Å². The van der Waals surface area contributed by atoms with E-state index in [1.165, 1.54) is 7.11 Å². The van der Waals surface area contributed by atoms with E-state index in [2.05, 4.69) is 20.1 Å². The lowest BCUT2D eigenvalue weighted by Crippen LogP contribution is -2.16. The Bertz CT molecular complexity index is 1040. The maximum absolute atomic E-state index is 13.0. The minimum atomic E-state index is -0.462. The van der Waals surface area contributed by atoms with Gasteiger partial charge < -0.3 is 14.8 Å². The van der Waals surface area contributed by atoms with Gasteiger partial charge in [-0.2, -0.15) is 5.10 Å². The van der Waals surface area contributed by atoms with Gasteiger partial charge in [0, 0.05) is 11.9 Å². The van der Waals surface area contributed by atoms with E-state index >= 15 is 0 Å². The number of nitrogens with zero attached hydrogens (tertiary/aromatic N) is 3. The van der Waals surface area contributed by atoms with Crippen molar-refractivity contribution in [2.75, 3.05) is 19.0 Å². The predicted octanol–water partition coefficient (Wildman–Crippen LogP) is 3.50. The van der Waals surface area contributed by atoms with Crippen LogP contribution < -0.4 is 10.1 Å². The SMILES string of the molecule is COC(=O)COc1ccc(NC(=O)c2cnn(-c3ccccn3)c2C(C)C)c(C)c1. The average molecular weight is 408 g/mol. The molecule has 0 aliphatic heterocycles. The predicted molar refractivity (Wildman–Crippen MR) is 112 cm³/mol. The van der Waals surface area contributed by atoms with Crippen LogP contribution in [0.4, 0.5) is 5.69 Å². The summed E-state index contributed by atoms with van der Waals surface area (Å²) in [7, 11) is 1.30. The number of rotatable bonds is 7. The number of nitrogens with one attached hydrogen (secondary N) is 1. The summed E-state index contributed by atoms with van der Waals surface area (Å²) in [6.07, 6.45) is 3.25. The first kappa shape index (κ1) is 21.0. The molecule has 0 radical (unpaired) electrons. The van der Waals surface area contributed by atoms with E-state index in [1.54, 1.807) is 35.3 Å². The van der Waals surface area contributed by atoms with Crippen LogP contribution in [0, 0.1) is 6.92 Å². The van der Waals surface area contributed by atoms with Gasteiger partial charge in [-0.25, -0.2) is 14.5 Å². The summed E-state index contributed by atoms with van der Waals surface area (Å²) < 4.78 is 11.6. The Kier molecular flexibility index (Phi) is 6.46. The first-order valence-electron chi connectivity index (χ1n) is 9.51. The van der Waals surface area contributed by atoms with Crippen molar-refractivity contribution in [1.29, 1.82) is 0 Å². The fourth-order valence-electron chi connectivity index (χ4n) is 3.01. The number of aromatic nitrogens is 3. The first-order chi connectivity index (χ1) is 14.4. The van der Waals surface area contributed by atoms with Crippen LogP contribution in [0.1, 0.15) is 41.4 Å². The fraction of sp³-hybridized carbons (Fsp3) is 0.273. The second kappa shape index (κ2) is 9.21. The van der Waals surface area contributed by atoms with Crippen molar-refractivity contribution in [1.82, 2.24) is 14.8 Å². The number of esters is 1. The number of anilines is 1. The van der Waals surface area contributed by atoms with Gasteiger partial charge in [0.05, 0.1) is 24.6 Å². The molecule has 0 bridgehead atoms. The average Bonchev–Trinajstić information content (AvgIpc) is 3.20. The number of carbonyl (C=O) groups excluding carboxylic acids is 2. The molecule has 8 nitrogen and oxygen atoms in total. The Balaban J connectivity index is 1.81. The van der Waals surface area contributed by atoms with Crippen molar-refractivity contribution in [3.63, 3.8) is 0 Å². The highest BCUT2D eigenvalue weighted by atomic mass is 16.6. The third-order valence-corrected chi connectivity index (χ3v) is 4.49. The van der Waals surface area contributed by atoms with Gasteiger partial charge in [0.25, 0.3) is 5.91 Å². The van der Waals surface area contributed by atoms with Crippen LogP contribution in [0.3, 0.4) is 0 Å². The van der Waals surface area contributed by atoms with Gasteiger partial charge in [0.2, 0.25) is 0 Å². The molecule has 1 amide bonds. The minimum Gasteiger partial charge on any atom is -0.482 e. The van der Waals surface area contributed by atoms with Gasteiger partial charge in [-0.15, -0.1) is 0 Å². The van der Waals surface area contributed by atoms with Gasteiger partial charge in [-0.05, 0) is 48.7 Å². The highest BCUT2D eigenvalue weighted by Gasteiger charge is 2.22. The summed E-state index contributed by atoms with van der Waals surface area (Å²) >= 11 is 0. The van der Waals surface area contributed by atoms with Gasteiger partial charge >= 0.3 is 5.97 Å². The minimum absolute atomic E-state index is 0.0606. The maximum atomic E-state index is 13.0. The number of hydrogen-bond donors (Lipinski definition) is 1. The lowest BCUT2D eigenvalue weighted by molar-refractivity contribution is -0.142. The van der Waals surface area contributed by atoms with Crippen molar-refractivity contribution < 1.29 is 19.1 Å². The van der Waals surface area contributed by atoms with E-state index in [0.29, 0.717) is 22.8 Å². The van der Waals surface area contributed by atoms with E-state index in [-0.39, 0.29) is 18.4 Å². The molecule has 2 aromatic heterocycles. The van der Waals surface area contributed by atoms with E-state index in [9.17, 15) is 9.59 Å². The molecule has 0 saturated heterocycles. The zero-order chi connectivity index (χ0) is 21.7. The largest absolute Gasteiger partial charge is 0.482 e. The Morgan fingerprint density at radius 1 is 1.20 bits per heavy atom. The fourth-order valence-corrected chi connectivity index (χ4v) is 3.01. The lowest BCUT2D eigenvalue weighted by Gasteiger charge is -2.14. The lowest BCUT2D eigenvalue weighted by atomic mass is 10.0. The molecule has 0 aliphatic rings. The van der Waals surface area contributed by atoms with Gasteiger partial charge in [-0.3, -0.25) is 4.79 Å². The second-order valence-electron chi connectivity index (χ2n) is 6.99. The number of methoxy groups -OCH3 is 1. The van der Waals surface area contributed by atoms with Crippen molar-refractivity contribution in [3.05, 3.63) is 65.6 Å². The Morgan fingerprint density at radius 3 is 2.63 bits per heavy atom. The topological polar surface area (TPSA) is 95.3 Å². The highest BCUT2D eigenvalue weighted by molar-refractivity contribution is 6.05. The molecular weight excluding hydrogens is 384 g/mol. The molecular formula is C22H24N4O4. The third kappa shape index (κ3) is 4.65. The summed E-state index contributed by atoms with van der Waals surface area (Å²) in [4.78, 5) is 28.5. The van der Waals surface area contributed by atoms with Crippen LogP contribution in [-0.4, -0.2) is 40.4 Å². The number of pyridine rings is 1. The smallest absolute Gasteiger partial charge is 0.343 e. The van der Waals surface area contributed by atoms with E-state index in [0.717, 1.165) is 11.3 Å². The molecule has 0 aliphatic carbocycles. The van der Waals surface area contributed by atoms with Crippen LogP contribution in [0.25, 0.3) is 5.82 Å². The zero-order valence-corrected chi connectivity index (χ0v) is 17.4. The van der Waals surface area contributed by atoms with Gasteiger partial charge in [-0.1, -0.05) is 19.9 Å². The van der Waals surface area contributed by atoms with Crippen molar-refractivity contribution in [2.24, 2.45) is 0 Å². The molecule has 0 fully saturated rings. The van der Waals surface area contributed by atoms with Gasteiger partial charge in [0.1, 0.15) is 5.75 Å². The number of amides is 1. The number of aryl methyl sites for hydroxylation is 1. The van der Waals surface area contributed by atoms with Crippen LogP contribution in [-0.2, 0) is 9.53 Å². The Morgan fingerprint density at radius 2 is 2.00 bits per heavy atom. The molecule has 1 N–H and O–H groups in total. The third-order valence-electron chi connectivity index (χ3n) is 4.49. The maximum Gasteiger partial charge on any atom is 0.343 e. The van der Waals surface area contributed by atoms with E-state index in [4.69, 9.17) is 4.74 Å². The first-order valence-corrected chi connectivity index (χ1v) is 9.51. The molecule has 0 unspecified atom stereocenters. The molecule has 3 rings (SSSR count). The van der Waals surface area contributed by atoms with Crippen LogP contribution in [0.2, 0.25) is 0 Å². The molecule has 0 spiro atoms. The van der Waals surface area contributed by atoms with E-state index < -0.39 is 5.97 Å². The number of hydrogen-bond acceptors (Lipinski definition) is 6. The molecule has 0 saturated carbocycles. The summed E-state index contributed by atoms with van der Waals surface area (Å²) in [5.74, 6) is 0.513. The molecule has 2 heterocycles. The molecule has 1 aromatic carbocycles. The molecule has 156 valence electrons. The summed E-state index contributed by atoms with van der Waals surface area (Å²) in [5.41, 5.74) is 2.71. The molecule has 3 aromatic rings. The van der Waals surface area contributed by atoms with Crippen molar-refractivity contribution in [2.45, 2.75) is 26.7 Å². The summed E-state index contributed by atoms with van der Waals surface area (Å²) in [6, 6.07) is 10.7. The van der Waals surface area contributed by atoms with Crippen LogP contribution in [0.15, 0.2) is 48.8 Å². The normalized spacial score (nSPS) is 10.7. The number of ether oxygens (including phenoxy) is 2. The quantitative estimate of drug-likeness (QED) is 0.601. The van der Waals surface area contributed by atoms with Crippen LogP contribution in [0.5, 0.6) is 5.75 Å². The molecule has 8 heteroatoms. The Labute approximate surface area is 174 Å². The number of carbonyl (C=O) groups is 2. The molecule has 0 atom stereocenters. The Hall–Kier alpha value is -3.68. The second-order valence-corrected chi connectivity index (χ2v) is 6.99. The number of benzene rings is 1. The highest BCUT2D eigenvalue weighted by Crippen LogP contribution is 2.25. The summed E-state index contributed by atoms with van der Waals surface area (Å²) in [6.45, 7) is 5.69. The van der Waals surface area contributed by atoms with Crippen molar-refractivity contribution in [3.8, 4) is 11.6 Å². The standard InChI is InChI=1S/C22H24N4O4/c1-14(2)21-17(12-24-26(21)19-7-5-6-10-23-19)22(28)25-18-9-8-16(11-15(18)3)30-13-20(27)29-4/h5-12,14H,13H2,1-4H3,(H,25,28). The van der Waals surface area contributed by atoms with Crippen LogP contribution >= 0.6 is 0 Å². The monoisotopic (exact) mass is 408 g/mol. The van der Waals surface area contributed by atoms with Crippen molar-refractivity contribution >= 4 is 17.6 Å². The zero-order valence-electron chi connectivity index (χ0n) is 17.4. The summed E-state index contributed by atoms with van der Waals surface area (Å²) in [5, 5.41) is 7.32.